The van der Waals surface area contributed by atoms with Gasteiger partial charge in [-0.25, -0.2) is 0 Å². The Morgan fingerprint density at radius 1 is 1.04 bits per heavy atom. The first-order valence-electron chi connectivity index (χ1n) is 8.34. The molecule has 0 unspecified atom stereocenters. The second-order valence-corrected chi connectivity index (χ2v) is 5.94. The van der Waals surface area contributed by atoms with E-state index in [0.717, 1.165) is 50.1 Å². The standard InChI is InChI=1S/C20H20N2O2/c21-15-17(20(23)22-12-6-1-2-7-13-22)14-18-10-11-19(24-18)16-8-4-3-5-9-16/h3-5,8-11,14H,1-2,6-7,12-13H2. The van der Waals surface area contributed by atoms with Crippen molar-refractivity contribution in [1.29, 1.82) is 5.26 Å². The minimum atomic E-state index is -0.197. The summed E-state index contributed by atoms with van der Waals surface area (Å²) in [5.74, 6) is 1.05. The number of nitrogens with zero attached hydrogens (tertiary/aromatic N) is 2. The van der Waals surface area contributed by atoms with Crippen LogP contribution in [-0.4, -0.2) is 23.9 Å². The molecule has 1 saturated heterocycles. The van der Waals surface area contributed by atoms with Gasteiger partial charge in [0, 0.05) is 24.7 Å². The van der Waals surface area contributed by atoms with Gasteiger partial charge in [0.15, 0.2) is 0 Å². The van der Waals surface area contributed by atoms with E-state index in [1.54, 1.807) is 17.0 Å². The third kappa shape index (κ3) is 3.75. The van der Waals surface area contributed by atoms with Crippen LogP contribution in [0.4, 0.5) is 0 Å². The number of amides is 1. The summed E-state index contributed by atoms with van der Waals surface area (Å²) in [6.07, 6.45) is 5.84. The highest BCUT2D eigenvalue weighted by Crippen LogP contribution is 2.23. The van der Waals surface area contributed by atoms with Crippen molar-refractivity contribution in [2.45, 2.75) is 25.7 Å². The van der Waals surface area contributed by atoms with Crippen molar-refractivity contribution in [3.05, 3.63) is 53.8 Å². The van der Waals surface area contributed by atoms with Gasteiger partial charge in [0.05, 0.1) is 0 Å². The highest BCUT2D eigenvalue weighted by molar-refractivity contribution is 6.01. The lowest BCUT2D eigenvalue weighted by atomic mass is 10.2. The molecule has 0 aliphatic carbocycles. The van der Waals surface area contributed by atoms with E-state index in [-0.39, 0.29) is 11.5 Å². The molecule has 0 atom stereocenters. The number of carbonyl (C=O) groups excluding carboxylic acids is 1. The topological polar surface area (TPSA) is 57.2 Å². The average Bonchev–Trinajstić information content (AvgIpc) is 2.92. The lowest BCUT2D eigenvalue weighted by Crippen LogP contribution is -2.32. The van der Waals surface area contributed by atoms with Gasteiger partial charge in [-0.1, -0.05) is 43.2 Å². The van der Waals surface area contributed by atoms with Gasteiger partial charge < -0.3 is 9.32 Å². The summed E-state index contributed by atoms with van der Waals surface area (Å²) in [6, 6.07) is 15.4. The van der Waals surface area contributed by atoms with Crippen molar-refractivity contribution < 1.29 is 9.21 Å². The maximum atomic E-state index is 12.6. The predicted octanol–water partition coefficient (Wildman–Crippen LogP) is 4.26. The van der Waals surface area contributed by atoms with Crippen LogP contribution in [0, 0.1) is 11.3 Å². The fourth-order valence-corrected chi connectivity index (χ4v) is 2.92. The summed E-state index contributed by atoms with van der Waals surface area (Å²) < 4.78 is 5.77. The Morgan fingerprint density at radius 3 is 2.42 bits per heavy atom. The number of furan rings is 1. The molecule has 0 N–H and O–H groups in total. The van der Waals surface area contributed by atoms with Crippen LogP contribution in [0.15, 0.2) is 52.5 Å². The fourth-order valence-electron chi connectivity index (χ4n) is 2.92. The second-order valence-electron chi connectivity index (χ2n) is 5.94. The SMILES string of the molecule is N#CC(=Cc1ccc(-c2ccccc2)o1)C(=O)N1CCCCCC1. The van der Waals surface area contributed by atoms with E-state index in [1.807, 2.05) is 42.5 Å². The van der Waals surface area contributed by atoms with Gasteiger partial charge in [0.2, 0.25) is 0 Å². The summed E-state index contributed by atoms with van der Waals surface area (Å²) in [6.45, 7) is 1.45. The van der Waals surface area contributed by atoms with E-state index in [9.17, 15) is 10.1 Å². The van der Waals surface area contributed by atoms with Crippen molar-refractivity contribution in [3.8, 4) is 17.4 Å². The molecule has 0 bridgehead atoms. The molecule has 4 heteroatoms. The smallest absolute Gasteiger partial charge is 0.264 e. The lowest BCUT2D eigenvalue weighted by Gasteiger charge is -2.19. The predicted molar refractivity (Wildman–Crippen MR) is 92.8 cm³/mol. The van der Waals surface area contributed by atoms with Crippen LogP contribution in [0.2, 0.25) is 0 Å². The van der Waals surface area contributed by atoms with Gasteiger partial charge >= 0.3 is 0 Å². The largest absolute Gasteiger partial charge is 0.457 e. The van der Waals surface area contributed by atoms with Crippen molar-refractivity contribution in [2.24, 2.45) is 0 Å². The number of nitriles is 1. The Bertz CT molecular complexity index is 760. The molecule has 24 heavy (non-hydrogen) atoms. The van der Waals surface area contributed by atoms with Gasteiger partial charge in [-0.2, -0.15) is 5.26 Å². The van der Waals surface area contributed by atoms with Crippen LogP contribution < -0.4 is 0 Å². The van der Waals surface area contributed by atoms with Crippen LogP contribution in [0.25, 0.3) is 17.4 Å². The van der Waals surface area contributed by atoms with E-state index in [1.165, 1.54) is 0 Å². The molecule has 4 nitrogen and oxygen atoms in total. The van der Waals surface area contributed by atoms with Gasteiger partial charge in [0.1, 0.15) is 23.2 Å². The molecule has 1 amide bonds. The first kappa shape index (κ1) is 16.1. The van der Waals surface area contributed by atoms with Crippen molar-refractivity contribution in [2.75, 3.05) is 13.1 Å². The zero-order valence-electron chi connectivity index (χ0n) is 13.6. The first-order valence-corrected chi connectivity index (χ1v) is 8.34. The highest BCUT2D eigenvalue weighted by Gasteiger charge is 2.20. The lowest BCUT2D eigenvalue weighted by molar-refractivity contribution is -0.126. The molecule has 1 aromatic heterocycles. The average molecular weight is 320 g/mol. The normalized spacial score (nSPS) is 15.6. The quantitative estimate of drug-likeness (QED) is 0.627. The van der Waals surface area contributed by atoms with E-state index in [2.05, 4.69) is 0 Å². The molecule has 2 heterocycles. The van der Waals surface area contributed by atoms with Crippen molar-refractivity contribution in [1.82, 2.24) is 4.90 Å². The number of likely N-dealkylation sites (tertiary alicyclic amines) is 1. The Hall–Kier alpha value is -2.80. The summed E-state index contributed by atoms with van der Waals surface area (Å²) in [4.78, 5) is 14.3. The number of hydrogen-bond donors (Lipinski definition) is 0. The van der Waals surface area contributed by atoms with E-state index in [4.69, 9.17) is 4.42 Å². The number of carbonyl (C=O) groups is 1. The molecule has 2 aromatic rings. The van der Waals surface area contributed by atoms with Crippen molar-refractivity contribution in [3.63, 3.8) is 0 Å². The van der Waals surface area contributed by atoms with Gasteiger partial charge in [-0.15, -0.1) is 0 Å². The molecule has 1 aliphatic heterocycles. The minimum absolute atomic E-state index is 0.130. The molecule has 1 aliphatic rings. The summed E-state index contributed by atoms with van der Waals surface area (Å²) in [5, 5.41) is 9.38. The van der Waals surface area contributed by atoms with Crippen LogP contribution >= 0.6 is 0 Å². The van der Waals surface area contributed by atoms with Gasteiger partial charge in [-0.05, 0) is 25.0 Å². The summed E-state index contributed by atoms with van der Waals surface area (Å²) >= 11 is 0. The van der Waals surface area contributed by atoms with Crippen LogP contribution in [0.3, 0.4) is 0 Å². The first-order chi connectivity index (χ1) is 11.8. The summed E-state index contributed by atoms with van der Waals surface area (Å²) in [7, 11) is 0. The molecule has 1 fully saturated rings. The third-order valence-corrected chi connectivity index (χ3v) is 4.22. The van der Waals surface area contributed by atoms with Crippen LogP contribution in [-0.2, 0) is 4.79 Å². The van der Waals surface area contributed by atoms with E-state index >= 15 is 0 Å². The number of rotatable bonds is 3. The number of benzene rings is 1. The Kier molecular flexibility index (Phi) is 5.12. The van der Waals surface area contributed by atoms with Crippen molar-refractivity contribution >= 4 is 12.0 Å². The third-order valence-electron chi connectivity index (χ3n) is 4.22. The molecular formula is C20H20N2O2. The molecule has 1 aromatic carbocycles. The fraction of sp³-hybridized carbons (Fsp3) is 0.300. The van der Waals surface area contributed by atoms with E-state index < -0.39 is 0 Å². The highest BCUT2D eigenvalue weighted by atomic mass is 16.3. The zero-order valence-corrected chi connectivity index (χ0v) is 13.6. The number of hydrogen-bond acceptors (Lipinski definition) is 3. The Balaban J connectivity index is 1.79. The molecule has 0 spiro atoms. The second kappa shape index (κ2) is 7.65. The van der Waals surface area contributed by atoms with Crippen LogP contribution in [0.5, 0.6) is 0 Å². The monoisotopic (exact) mass is 320 g/mol. The molecule has 3 rings (SSSR count). The molecule has 122 valence electrons. The molecule has 0 radical (unpaired) electrons. The van der Waals surface area contributed by atoms with Gasteiger partial charge in [0.25, 0.3) is 5.91 Å². The zero-order chi connectivity index (χ0) is 16.8. The Labute approximate surface area is 142 Å². The Morgan fingerprint density at radius 2 is 1.75 bits per heavy atom. The summed E-state index contributed by atoms with van der Waals surface area (Å²) in [5.41, 5.74) is 1.10. The molecule has 0 saturated carbocycles. The van der Waals surface area contributed by atoms with Gasteiger partial charge in [-0.3, -0.25) is 4.79 Å². The maximum Gasteiger partial charge on any atom is 0.264 e. The minimum Gasteiger partial charge on any atom is -0.457 e. The molecular weight excluding hydrogens is 300 g/mol. The van der Waals surface area contributed by atoms with Crippen LogP contribution in [0.1, 0.15) is 31.4 Å². The maximum absolute atomic E-state index is 12.6. The van der Waals surface area contributed by atoms with E-state index in [0.29, 0.717) is 5.76 Å².